The Morgan fingerprint density at radius 3 is 2.69 bits per heavy atom. The molecule has 1 aromatic heterocycles. The summed E-state index contributed by atoms with van der Waals surface area (Å²) in [6.07, 6.45) is 5.33. The number of hydrogen-bond donors (Lipinski definition) is 0. The number of benzene rings is 2. The van der Waals surface area contributed by atoms with Gasteiger partial charge < -0.3 is 14.4 Å². The highest BCUT2D eigenvalue weighted by Gasteiger charge is 2.57. The van der Waals surface area contributed by atoms with Crippen LogP contribution in [0.1, 0.15) is 46.3 Å². The third kappa shape index (κ3) is 3.71. The van der Waals surface area contributed by atoms with E-state index < -0.39 is 11.0 Å². The van der Waals surface area contributed by atoms with Gasteiger partial charge in [-0.05, 0) is 48.7 Å². The minimum absolute atomic E-state index is 0.0681. The van der Waals surface area contributed by atoms with Crippen LogP contribution >= 0.6 is 15.9 Å². The van der Waals surface area contributed by atoms with Crippen molar-refractivity contribution in [2.45, 2.75) is 36.9 Å². The van der Waals surface area contributed by atoms with Gasteiger partial charge in [-0.25, -0.2) is 9.18 Å². The summed E-state index contributed by atoms with van der Waals surface area (Å²) in [5.41, 5.74) is 1.40. The van der Waals surface area contributed by atoms with Crippen LogP contribution in [-0.2, 0) is 27.2 Å². The van der Waals surface area contributed by atoms with Crippen LogP contribution in [0.2, 0.25) is 0 Å². The molecule has 1 unspecified atom stereocenters. The predicted octanol–water partition coefficient (Wildman–Crippen LogP) is 4.89. The Bertz CT molecular complexity index is 1340. The van der Waals surface area contributed by atoms with E-state index in [9.17, 15) is 14.0 Å². The Hall–Kier alpha value is -3.26. The molecule has 0 bridgehead atoms. The van der Waals surface area contributed by atoms with Crippen LogP contribution in [0.4, 0.5) is 4.39 Å². The van der Waals surface area contributed by atoms with Crippen molar-refractivity contribution in [2.75, 3.05) is 13.1 Å². The first-order valence-electron chi connectivity index (χ1n) is 11.5. The van der Waals surface area contributed by atoms with Crippen LogP contribution in [0.15, 0.2) is 65.4 Å². The van der Waals surface area contributed by atoms with Crippen molar-refractivity contribution in [3.8, 4) is 5.75 Å². The quantitative estimate of drug-likeness (QED) is 0.434. The number of pyridine rings is 1. The van der Waals surface area contributed by atoms with Crippen molar-refractivity contribution < 1.29 is 23.5 Å². The van der Waals surface area contributed by atoms with Gasteiger partial charge in [0, 0.05) is 41.0 Å². The SMILES string of the molecule is O=C1OC2(CCN(C(=O)C3(c4ccc(OCc5ccc(Br)cc5F)cc4)CC3)C2)c2ccncc21. The maximum absolute atomic E-state index is 14.0. The summed E-state index contributed by atoms with van der Waals surface area (Å²) in [5, 5.41) is 0. The van der Waals surface area contributed by atoms with Crippen LogP contribution in [0.3, 0.4) is 0 Å². The lowest BCUT2D eigenvalue weighted by atomic mass is 9.92. The van der Waals surface area contributed by atoms with Gasteiger partial charge in [0.25, 0.3) is 0 Å². The van der Waals surface area contributed by atoms with Gasteiger partial charge in [0.2, 0.25) is 5.91 Å². The highest BCUT2D eigenvalue weighted by Crippen LogP contribution is 2.52. The Morgan fingerprint density at radius 2 is 1.94 bits per heavy atom. The van der Waals surface area contributed by atoms with Crippen molar-refractivity contribution in [3.05, 3.63) is 93.5 Å². The first-order valence-corrected chi connectivity index (χ1v) is 12.3. The molecule has 2 aromatic carbocycles. The van der Waals surface area contributed by atoms with Gasteiger partial charge in [-0.2, -0.15) is 0 Å². The Morgan fingerprint density at radius 1 is 1.14 bits per heavy atom. The molecule has 8 heteroatoms. The summed E-state index contributed by atoms with van der Waals surface area (Å²) >= 11 is 3.25. The summed E-state index contributed by atoms with van der Waals surface area (Å²) in [6, 6.07) is 14.2. The number of aromatic nitrogens is 1. The van der Waals surface area contributed by atoms with Gasteiger partial charge in [-0.15, -0.1) is 0 Å². The molecule has 178 valence electrons. The zero-order valence-corrected chi connectivity index (χ0v) is 20.4. The second kappa shape index (κ2) is 8.16. The van der Waals surface area contributed by atoms with E-state index in [1.165, 1.54) is 12.3 Å². The number of halogens is 2. The lowest BCUT2D eigenvalue weighted by Crippen LogP contribution is -2.40. The number of rotatable bonds is 5. The molecule has 1 saturated carbocycles. The fourth-order valence-electron chi connectivity index (χ4n) is 5.22. The van der Waals surface area contributed by atoms with Crippen LogP contribution in [0.25, 0.3) is 0 Å². The van der Waals surface area contributed by atoms with Gasteiger partial charge in [0.05, 0.1) is 17.5 Å². The minimum atomic E-state index is -0.777. The van der Waals surface area contributed by atoms with Gasteiger partial charge in [0.1, 0.15) is 18.2 Å². The summed E-state index contributed by atoms with van der Waals surface area (Å²) in [6.45, 7) is 1.01. The molecule has 6 nitrogen and oxygen atoms in total. The number of carbonyl (C=O) groups is 2. The zero-order valence-electron chi connectivity index (χ0n) is 18.8. The van der Waals surface area contributed by atoms with E-state index in [0.29, 0.717) is 40.9 Å². The molecule has 3 heterocycles. The van der Waals surface area contributed by atoms with Crippen molar-refractivity contribution in [2.24, 2.45) is 0 Å². The molecule has 2 fully saturated rings. The van der Waals surface area contributed by atoms with Crippen molar-refractivity contribution in [3.63, 3.8) is 0 Å². The molecular weight excluding hydrogens is 515 g/mol. The maximum Gasteiger partial charge on any atom is 0.341 e. The molecule has 2 aliphatic heterocycles. The number of hydrogen-bond acceptors (Lipinski definition) is 5. The standard InChI is InChI=1S/C27H22BrFN2O4/c28-19-4-1-17(23(29)13-19)15-34-20-5-2-18(3-6-20)26(8-9-26)25(33)31-12-10-27(16-31)22-7-11-30-14-21(22)24(32)35-27/h1-7,11,13-14H,8-10,12,15-16H2. The molecule has 1 amide bonds. The molecule has 6 rings (SSSR count). The molecule has 0 N–H and O–H groups in total. The molecule has 0 radical (unpaired) electrons. The normalized spacial score (nSPS) is 21.7. The van der Waals surface area contributed by atoms with Crippen LogP contribution in [0.5, 0.6) is 5.75 Å². The Kier molecular flexibility index (Phi) is 5.18. The van der Waals surface area contributed by atoms with E-state index >= 15 is 0 Å². The zero-order chi connectivity index (χ0) is 24.2. The summed E-state index contributed by atoms with van der Waals surface area (Å²) in [7, 11) is 0. The smallest absolute Gasteiger partial charge is 0.341 e. The second-order valence-electron chi connectivity index (χ2n) is 9.41. The van der Waals surface area contributed by atoms with E-state index in [2.05, 4.69) is 20.9 Å². The first-order chi connectivity index (χ1) is 16.9. The molecule has 1 atom stereocenters. The van der Waals surface area contributed by atoms with Gasteiger partial charge >= 0.3 is 5.97 Å². The third-order valence-corrected chi connectivity index (χ3v) is 7.81. The second-order valence-corrected chi connectivity index (χ2v) is 10.3. The topological polar surface area (TPSA) is 68.7 Å². The van der Waals surface area contributed by atoms with Crippen LogP contribution < -0.4 is 4.74 Å². The van der Waals surface area contributed by atoms with Crippen molar-refractivity contribution >= 4 is 27.8 Å². The Balaban J connectivity index is 1.15. The number of fused-ring (bicyclic) bond motifs is 2. The fraction of sp³-hybridized carbons (Fsp3) is 0.296. The van der Waals surface area contributed by atoms with E-state index in [0.717, 1.165) is 24.0 Å². The monoisotopic (exact) mass is 536 g/mol. The maximum atomic E-state index is 14.0. The van der Waals surface area contributed by atoms with E-state index in [4.69, 9.17) is 9.47 Å². The Labute approximate surface area is 210 Å². The molecular formula is C27H22BrFN2O4. The molecule has 3 aliphatic rings. The summed E-state index contributed by atoms with van der Waals surface area (Å²) < 4.78 is 26.3. The number of esters is 1. The minimum Gasteiger partial charge on any atom is -0.489 e. The predicted molar refractivity (Wildman–Crippen MR) is 128 cm³/mol. The molecule has 1 spiro atoms. The summed E-state index contributed by atoms with van der Waals surface area (Å²) in [4.78, 5) is 31.8. The van der Waals surface area contributed by atoms with E-state index in [-0.39, 0.29) is 24.3 Å². The third-order valence-electron chi connectivity index (χ3n) is 7.31. The lowest BCUT2D eigenvalue weighted by molar-refractivity contribution is -0.134. The highest BCUT2D eigenvalue weighted by molar-refractivity contribution is 9.10. The number of carbonyl (C=O) groups excluding carboxylic acids is 2. The van der Waals surface area contributed by atoms with Crippen LogP contribution in [-0.4, -0.2) is 34.8 Å². The van der Waals surface area contributed by atoms with E-state index in [1.807, 2.05) is 35.2 Å². The van der Waals surface area contributed by atoms with Gasteiger partial charge in [0.15, 0.2) is 5.60 Å². The fourth-order valence-corrected chi connectivity index (χ4v) is 5.56. The largest absolute Gasteiger partial charge is 0.489 e. The average molecular weight is 537 g/mol. The lowest BCUT2D eigenvalue weighted by Gasteiger charge is -2.27. The number of ether oxygens (including phenoxy) is 2. The summed E-state index contributed by atoms with van der Waals surface area (Å²) in [5.74, 6) is -0.0167. The van der Waals surface area contributed by atoms with Crippen molar-refractivity contribution in [1.82, 2.24) is 9.88 Å². The molecule has 1 aliphatic carbocycles. The number of nitrogens with zero attached hydrogens (tertiary/aromatic N) is 2. The number of likely N-dealkylation sites (tertiary alicyclic amines) is 1. The average Bonchev–Trinajstić information content (AvgIpc) is 3.49. The van der Waals surface area contributed by atoms with Gasteiger partial charge in [-0.1, -0.05) is 34.1 Å². The van der Waals surface area contributed by atoms with Crippen LogP contribution in [0, 0.1) is 5.82 Å². The van der Waals surface area contributed by atoms with Gasteiger partial charge in [-0.3, -0.25) is 9.78 Å². The molecule has 1 saturated heterocycles. The van der Waals surface area contributed by atoms with E-state index in [1.54, 1.807) is 18.3 Å². The molecule has 35 heavy (non-hydrogen) atoms. The first kappa shape index (κ1) is 22.2. The number of amides is 1. The molecule has 3 aromatic rings. The highest BCUT2D eigenvalue weighted by atomic mass is 79.9. The van der Waals surface area contributed by atoms with Crippen molar-refractivity contribution in [1.29, 1.82) is 0 Å².